The largest absolute Gasteiger partial charge is 0.354 e. The Hall–Kier alpha value is -3.72. The van der Waals surface area contributed by atoms with Gasteiger partial charge in [0.2, 0.25) is 10.0 Å². The van der Waals surface area contributed by atoms with Crippen molar-refractivity contribution in [2.45, 2.75) is 0 Å². The van der Waals surface area contributed by atoms with Gasteiger partial charge in [-0.25, -0.2) is 13.4 Å². The van der Waals surface area contributed by atoms with E-state index in [0.29, 0.717) is 16.7 Å². The summed E-state index contributed by atoms with van der Waals surface area (Å²) in [5, 5.41) is 16.1. The average Bonchev–Trinajstić information content (AvgIpc) is 2.67. The van der Waals surface area contributed by atoms with Gasteiger partial charge in [-0.2, -0.15) is 0 Å². The Kier molecular flexibility index (Phi) is 4.51. The highest BCUT2D eigenvalue weighted by atomic mass is 32.2. The van der Waals surface area contributed by atoms with Crippen molar-refractivity contribution in [2.75, 3.05) is 16.3 Å². The number of rotatable bonds is 5. The highest BCUT2D eigenvalue weighted by Gasteiger charge is 2.13. The van der Waals surface area contributed by atoms with E-state index >= 15 is 0 Å². The maximum atomic E-state index is 11.4. The molecular weight excluding hydrogens is 392 g/mol. The number of sulfonamides is 1. The van der Waals surface area contributed by atoms with Gasteiger partial charge < -0.3 is 5.32 Å². The zero-order chi connectivity index (χ0) is 20.6. The molecule has 0 bridgehead atoms. The van der Waals surface area contributed by atoms with Crippen molar-refractivity contribution >= 4 is 54.6 Å². The van der Waals surface area contributed by atoms with E-state index in [1.165, 1.54) is 12.1 Å². The van der Waals surface area contributed by atoms with Gasteiger partial charge in [-0.1, -0.05) is 18.2 Å². The summed E-state index contributed by atoms with van der Waals surface area (Å²) in [6.07, 6.45) is 1.09. The molecule has 29 heavy (non-hydrogen) atoms. The van der Waals surface area contributed by atoms with Crippen molar-refractivity contribution in [1.82, 2.24) is 4.98 Å². The predicted molar refractivity (Wildman–Crippen MR) is 114 cm³/mol. The summed E-state index contributed by atoms with van der Waals surface area (Å²) in [6.45, 7) is 0. The van der Waals surface area contributed by atoms with Gasteiger partial charge in [0.05, 0.1) is 27.9 Å². The molecule has 0 amide bonds. The number of nitrogens with zero attached hydrogens (tertiary/aromatic N) is 2. The van der Waals surface area contributed by atoms with E-state index < -0.39 is 14.9 Å². The summed E-state index contributed by atoms with van der Waals surface area (Å²) in [7, 11) is -3.35. The van der Waals surface area contributed by atoms with Crippen LogP contribution in [0.2, 0.25) is 0 Å². The minimum atomic E-state index is -3.35. The number of fused-ring (bicyclic) bond motifs is 2. The maximum absolute atomic E-state index is 11.4. The summed E-state index contributed by atoms with van der Waals surface area (Å²) in [6, 6.07) is 18.9. The summed E-state index contributed by atoms with van der Waals surface area (Å²) in [4.78, 5) is 15.2. The third-order valence-electron chi connectivity index (χ3n) is 4.33. The van der Waals surface area contributed by atoms with Gasteiger partial charge in [-0.3, -0.25) is 14.8 Å². The van der Waals surface area contributed by atoms with Crippen LogP contribution in [0, 0.1) is 10.1 Å². The Bertz CT molecular complexity index is 1350. The van der Waals surface area contributed by atoms with Gasteiger partial charge in [0.15, 0.2) is 0 Å². The van der Waals surface area contributed by atoms with Gasteiger partial charge in [-0.05, 0) is 36.4 Å². The molecule has 0 fully saturated rings. The third kappa shape index (κ3) is 3.94. The van der Waals surface area contributed by atoms with Crippen LogP contribution in [0.4, 0.5) is 22.7 Å². The van der Waals surface area contributed by atoms with Crippen LogP contribution >= 0.6 is 0 Å². The van der Waals surface area contributed by atoms with Crippen LogP contribution in [0.3, 0.4) is 0 Å². The van der Waals surface area contributed by atoms with E-state index in [1.54, 1.807) is 30.3 Å². The van der Waals surface area contributed by atoms with E-state index in [-0.39, 0.29) is 5.69 Å². The minimum absolute atomic E-state index is 0.0255. The molecule has 146 valence electrons. The minimum Gasteiger partial charge on any atom is -0.354 e. The highest BCUT2D eigenvalue weighted by Crippen LogP contribution is 2.34. The van der Waals surface area contributed by atoms with Crippen molar-refractivity contribution < 1.29 is 13.3 Å². The number of pyridine rings is 1. The Labute approximate surface area is 166 Å². The zero-order valence-corrected chi connectivity index (χ0v) is 16.1. The molecule has 9 heteroatoms. The first-order valence-corrected chi connectivity index (χ1v) is 10.5. The van der Waals surface area contributed by atoms with Crippen LogP contribution in [-0.2, 0) is 10.0 Å². The summed E-state index contributed by atoms with van der Waals surface area (Å²) >= 11 is 0. The lowest BCUT2D eigenvalue weighted by atomic mass is 10.1. The predicted octanol–water partition coefficient (Wildman–Crippen LogP) is 4.41. The molecule has 0 aliphatic rings. The van der Waals surface area contributed by atoms with Crippen LogP contribution in [0.15, 0.2) is 66.7 Å². The van der Waals surface area contributed by atoms with Crippen molar-refractivity contribution in [3.63, 3.8) is 0 Å². The van der Waals surface area contributed by atoms with E-state index in [9.17, 15) is 18.5 Å². The number of non-ortho nitro benzene ring substituents is 1. The van der Waals surface area contributed by atoms with Gasteiger partial charge in [0.1, 0.15) is 0 Å². The quantitative estimate of drug-likeness (QED) is 0.287. The molecule has 4 aromatic rings. The first-order valence-electron chi connectivity index (χ1n) is 8.62. The number of hydrogen-bond acceptors (Lipinski definition) is 6. The first-order chi connectivity index (χ1) is 13.8. The number of para-hydroxylation sites is 1. The summed E-state index contributed by atoms with van der Waals surface area (Å²) in [5.74, 6) is 0. The molecular formula is C20H16N4O4S. The normalized spacial score (nSPS) is 11.5. The second-order valence-corrected chi connectivity index (χ2v) is 8.29. The second kappa shape index (κ2) is 7.02. The molecule has 0 radical (unpaired) electrons. The van der Waals surface area contributed by atoms with Gasteiger partial charge in [-0.15, -0.1) is 0 Å². The van der Waals surface area contributed by atoms with Crippen LogP contribution in [0.25, 0.3) is 21.8 Å². The molecule has 0 unspecified atom stereocenters. The van der Waals surface area contributed by atoms with Crippen molar-refractivity contribution in [3.8, 4) is 0 Å². The number of nitrogens with one attached hydrogen (secondary N) is 2. The van der Waals surface area contributed by atoms with Crippen molar-refractivity contribution in [2.24, 2.45) is 0 Å². The summed E-state index contributed by atoms with van der Waals surface area (Å²) < 4.78 is 25.1. The number of hydrogen-bond donors (Lipinski definition) is 2. The third-order valence-corrected chi connectivity index (χ3v) is 4.94. The number of anilines is 3. The van der Waals surface area contributed by atoms with Gasteiger partial charge in [0.25, 0.3) is 5.69 Å². The molecule has 1 aromatic heterocycles. The van der Waals surface area contributed by atoms with Crippen molar-refractivity contribution in [1.29, 1.82) is 0 Å². The average molecular weight is 408 g/mol. The molecule has 3 aromatic carbocycles. The first kappa shape index (κ1) is 18.6. The molecule has 0 saturated heterocycles. The Morgan fingerprint density at radius 2 is 1.55 bits per heavy atom. The number of benzene rings is 3. The van der Waals surface area contributed by atoms with Crippen molar-refractivity contribution in [3.05, 3.63) is 76.8 Å². The number of nitro benzene ring substituents is 1. The Balaban J connectivity index is 1.81. The number of nitro groups is 1. The fourth-order valence-corrected chi connectivity index (χ4v) is 3.67. The summed E-state index contributed by atoms with van der Waals surface area (Å²) in [5.41, 5.74) is 3.15. The molecule has 2 N–H and O–H groups in total. The molecule has 0 aliphatic heterocycles. The molecule has 0 atom stereocenters. The standard InChI is InChI=1S/C20H16N4O4S/c1-29(27,28)23-14-8-6-13(7-9-14)21-20-16-4-2-3-5-18(16)22-19-12-15(24(25)26)10-11-17(19)20/h2-12,23H,1H3,(H,21,22). The Morgan fingerprint density at radius 3 is 2.24 bits per heavy atom. The van der Waals surface area contributed by atoms with Crippen LogP contribution in [0.1, 0.15) is 0 Å². The molecule has 4 rings (SSSR count). The molecule has 8 nitrogen and oxygen atoms in total. The lowest BCUT2D eigenvalue weighted by molar-refractivity contribution is -0.384. The van der Waals surface area contributed by atoms with Gasteiger partial charge >= 0.3 is 0 Å². The zero-order valence-electron chi connectivity index (χ0n) is 15.3. The smallest absolute Gasteiger partial charge is 0.271 e. The molecule has 0 aliphatic carbocycles. The van der Waals surface area contributed by atoms with Gasteiger partial charge in [0, 0.05) is 34.3 Å². The monoisotopic (exact) mass is 408 g/mol. The topological polar surface area (TPSA) is 114 Å². The van der Waals surface area contributed by atoms with E-state index in [4.69, 9.17) is 0 Å². The van der Waals surface area contributed by atoms with E-state index in [2.05, 4.69) is 15.0 Å². The highest BCUT2D eigenvalue weighted by molar-refractivity contribution is 7.92. The lowest BCUT2D eigenvalue weighted by Crippen LogP contribution is -2.09. The Morgan fingerprint density at radius 1 is 0.897 bits per heavy atom. The van der Waals surface area contributed by atoms with Crippen LogP contribution in [-0.4, -0.2) is 24.6 Å². The molecule has 0 spiro atoms. The van der Waals surface area contributed by atoms with Crippen LogP contribution < -0.4 is 10.0 Å². The fraction of sp³-hybridized carbons (Fsp3) is 0.0500. The second-order valence-electron chi connectivity index (χ2n) is 6.54. The SMILES string of the molecule is CS(=O)(=O)Nc1ccc(Nc2c3ccccc3nc3cc([N+](=O)[O-])ccc23)cc1. The molecule has 0 saturated carbocycles. The van der Waals surface area contributed by atoms with E-state index in [0.717, 1.165) is 28.4 Å². The van der Waals surface area contributed by atoms with Crippen LogP contribution in [0.5, 0.6) is 0 Å². The molecule has 1 heterocycles. The van der Waals surface area contributed by atoms with E-state index in [1.807, 2.05) is 24.3 Å². The number of aromatic nitrogens is 1. The maximum Gasteiger partial charge on any atom is 0.271 e. The fourth-order valence-electron chi connectivity index (χ4n) is 3.11. The lowest BCUT2D eigenvalue weighted by Gasteiger charge is -2.14.